The van der Waals surface area contributed by atoms with Gasteiger partial charge in [-0.05, 0) is 18.6 Å². The van der Waals surface area contributed by atoms with Crippen molar-refractivity contribution in [3.05, 3.63) is 35.4 Å². The van der Waals surface area contributed by atoms with E-state index in [4.69, 9.17) is 10.8 Å². The van der Waals surface area contributed by atoms with Gasteiger partial charge in [-0.2, -0.15) is 0 Å². The van der Waals surface area contributed by atoms with Crippen molar-refractivity contribution in [1.82, 2.24) is 10.4 Å². The number of nitrogens with one attached hydrogen (secondary N) is 1. The van der Waals surface area contributed by atoms with Gasteiger partial charge in [0.2, 0.25) is 5.91 Å². The van der Waals surface area contributed by atoms with Crippen molar-refractivity contribution in [2.45, 2.75) is 18.9 Å². The summed E-state index contributed by atoms with van der Waals surface area (Å²) in [6.07, 6.45) is -0.300. The number of primary amides is 1. The highest BCUT2D eigenvalue weighted by atomic mass is 16.4. The van der Waals surface area contributed by atoms with E-state index in [2.05, 4.69) is 5.43 Å². The second-order valence-corrected chi connectivity index (χ2v) is 4.52. The minimum atomic E-state index is -1.28. The van der Waals surface area contributed by atoms with Crippen molar-refractivity contribution in [2.24, 2.45) is 5.73 Å². The van der Waals surface area contributed by atoms with E-state index in [-0.39, 0.29) is 24.0 Å². The third-order valence-electron chi connectivity index (χ3n) is 3.06. The maximum Gasteiger partial charge on any atom is 0.322 e. The molecule has 1 aliphatic heterocycles. The molecule has 3 amide bonds. The lowest BCUT2D eigenvalue weighted by atomic mass is 10.1. The number of amides is 3. The highest BCUT2D eigenvalue weighted by Crippen LogP contribution is 2.21. The number of fused-ring (bicyclic) bond motifs is 1. The molecule has 0 unspecified atom stereocenters. The van der Waals surface area contributed by atoms with Gasteiger partial charge in [-0.25, -0.2) is 10.4 Å². The van der Waals surface area contributed by atoms with Crippen LogP contribution in [-0.2, 0) is 9.59 Å². The fraction of sp³-hybridized carbons (Fsp3) is 0.231. The summed E-state index contributed by atoms with van der Waals surface area (Å²) in [5.74, 6) is -3.19. The second-order valence-electron chi connectivity index (χ2n) is 4.52. The molecule has 1 heterocycles. The molecule has 8 heteroatoms. The molecule has 1 atom stereocenters. The Labute approximate surface area is 119 Å². The quantitative estimate of drug-likeness (QED) is 0.606. The largest absolute Gasteiger partial charge is 0.480 e. The zero-order valence-corrected chi connectivity index (χ0v) is 10.9. The van der Waals surface area contributed by atoms with E-state index in [0.29, 0.717) is 5.01 Å². The third-order valence-corrected chi connectivity index (χ3v) is 3.06. The number of hydrogen-bond acceptors (Lipinski definition) is 5. The monoisotopic (exact) mass is 291 g/mol. The second kappa shape index (κ2) is 5.71. The van der Waals surface area contributed by atoms with Gasteiger partial charge in [-0.1, -0.05) is 12.1 Å². The maximum atomic E-state index is 12.1. The van der Waals surface area contributed by atoms with Crippen molar-refractivity contribution in [3.8, 4) is 0 Å². The normalized spacial score (nSPS) is 15.0. The number of nitrogens with two attached hydrogens (primary N) is 1. The predicted octanol–water partition coefficient (Wildman–Crippen LogP) is -0.494. The van der Waals surface area contributed by atoms with E-state index in [1.165, 1.54) is 12.1 Å². The molecule has 1 aromatic carbocycles. The van der Waals surface area contributed by atoms with Crippen LogP contribution < -0.4 is 11.2 Å². The predicted molar refractivity (Wildman–Crippen MR) is 69.9 cm³/mol. The summed E-state index contributed by atoms with van der Waals surface area (Å²) < 4.78 is 0. The summed E-state index contributed by atoms with van der Waals surface area (Å²) in [5.41, 5.74) is 7.72. The number of hydrogen-bond donors (Lipinski definition) is 3. The minimum absolute atomic E-state index is 0.127. The van der Waals surface area contributed by atoms with Gasteiger partial charge in [-0.15, -0.1) is 0 Å². The molecule has 8 nitrogen and oxygen atoms in total. The van der Waals surface area contributed by atoms with E-state index in [1.54, 1.807) is 12.1 Å². The molecule has 0 bridgehead atoms. The van der Waals surface area contributed by atoms with Gasteiger partial charge in [0.15, 0.2) is 0 Å². The standard InChI is InChI=1S/C13H13N3O5/c14-10(17)6-5-9(13(20)21)15-16-11(18)7-3-1-2-4-8(7)12(16)19/h1-4,9,15H,5-6H2,(H2,14,17)(H,20,21)/t9-/m0/s1. The SMILES string of the molecule is NC(=O)CC[C@H](NN1C(=O)c2ccccc2C1=O)C(=O)O. The molecule has 0 saturated heterocycles. The first-order chi connectivity index (χ1) is 9.91. The van der Waals surface area contributed by atoms with Gasteiger partial charge in [-0.3, -0.25) is 19.2 Å². The Bertz CT molecular complexity index is 593. The van der Waals surface area contributed by atoms with Crippen LogP contribution in [0.5, 0.6) is 0 Å². The highest BCUT2D eigenvalue weighted by molar-refractivity contribution is 6.21. The van der Waals surface area contributed by atoms with Gasteiger partial charge in [0.05, 0.1) is 11.1 Å². The molecule has 21 heavy (non-hydrogen) atoms. The molecule has 4 N–H and O–H groups in total. The Balaban J connectivity index is 2.16. The van der Waals surface area contributed by atoms with Crippen LogP contribution in [0.15, 0.2) is 24.3 Å². The van der Waals surface area contributed by atoms with Crippen molar-refractivity contribution in [3.63, 3.8) is 0 Å². The zero-order valence-electron chi connectivity index (χ0n) is 10.9. The van der Waals surface area contributed by atoms with Crippen LogP contribution in [0.1, 0.15) is 33.6 Å². The number of aliphatic carboxylic acids is 1. The summed E-state index contributed by atoms with van der Waals surface area (Å²) >= 11 is 0. The lowest BCUT2D eigenvalue weighted by molar-refractivity contribution is -0.140. The van der Waals surface area contributed by atoms with Crippen LogP contribution in [0, 0.1) is 0 Å². The summed E-state index contributed by atoms with van der Waals surface area (Å²) in [6.45, 7) is 0. The fourth-order valence-corrected chi connectivity index (χ4v) is 1.99. The number of carbonyl (C=O) groups excluding carboxylic acids is 3. The van der Waals surface area contributed by atoms with Crippen LogP contribution in [0.3, 0.4) is 0 Å². The van der Waals surface area contributed by atoms with E-state index in [0.717, 1.165) is 0 Å². The Morgan fingerprint density at radius 3 is 2.14 bits per heavy atom. The van der Waals surface area contributed by atoms with Crippen LogP contribution in [-0.4, -0.2) is 39.8 Å². The third kappa shape index (κ3) is 2.90. The number of benzene rings is 1. The van der Waals surface area contributed by atoms with Crippen molar-refractivity contribution in [1.29, 1.82) is 0 Å². The summed E-state index contributed by atoms with van der Waals surface area (Å²) in [4.78, 5) is 46.0. The molecule has 0 radical (unpaired) electrons. The van der Waals surface area contributed by atoms with Crippen LogP contribution in [0.4, 0.5) is 0 Å². The minimum Gasteiger partial charge on any atom is -0.480 e. The number of hydrazine groups is 1. The van der Waals surface area contributed by atoms with Crippen molar-refractivity contribution < 1.29 is 24.3 Å². The topological polar surface area (TPSA) is 130 Å². The summed E-state index contributed by atoms with van der Waals surface area (Å²) in [5, 5.41) is 9.73. The Morgan fingerprint density at radius 2 is 1.71 bits per heavy atom. The zero-order chi connectivity index (χ0) is 15.6. The number of imide groups is 1. The Hall–Kier alpha value is -2.74. The van der Waals surface area contributed by atoms with Gasteiger partial charge in [0, 0.05) is 6.42 Å². The first-order valence-electron chi connectivity index (χ1n) is 6.17. The molecule has 0 aromatic heterocycles. The lowest BCUT2D eigenvalue weighted by Gasteiger charge is -2.20. The molecule has 0 saturated carbocycles. The van der Waals surface area contributed by atoms with E-state index in [1.807, 2.05) is 0 Å². The van der Waals surface area contributed by atoms with Crippen LogP contribution in [0.25, 0.3) is 0 Å². The molecule has 0 fully saturated rings. The average molecular weight is 291 g/mol. The number of carboxylic acids is 1. The first kappa shape index (κ1) is 14.7. The summed E-state index contributed by atoms with van der Waals surface area (Å²) in [6, 6.07) is 4.91. The van der Waals surface area contributed by atoms with Gasteiger partial charge >= 0.3 is 5.97 Å². The van der Waals surface area contributed by atoms with E-state index in [9.17, 15) is 19.2 Å². The highest BCUT2D eigenvalue weighted by Gasteiger charge is 2.37. The van der Waals surface area contributed by atoms with E-state index >= 15 is 0 Å². The maximum absolute atomic E-state index is 12.1. The number of carbonyl (C=O) groups is 4. The van der Waals surface area contributed by atoms with Gasteiger partial charge in [0.25, 0.3) is 11.8 Å². The molecule has 110 valence electrons. The number of rotatable bonds is 6. The fourth-order valence-electron chi connectivity index (χ4n) is 1.99. The molecule has 1 aromatic rings. The molecule has 0 spiro atoms. The molecule has 1 aliphatic rings. The lowest BCUT2D eigenvalue weighted by Crippen LogP contribution is -2.51. The number of nitrogens with zero attached hydrogens (tertiary/aromatic N) is 1. The Kier molecular flexibility index (Phi) is 3.99. The molecule has 0 aliphatic carbocycles. The van der Waals surface area contributed by atoms with Crippen molar-refractivity contribution >= 4 is 23.7 Å². The molecular weight excluding hydrogens is 278 g/mol. The van der Waals surface area contributed by atoms with Gasteiger partial charge < -0.3 is 10.8 Å². The first-order valence-corrected chi connectivity index (χ1v) is 6.17. The molecule has 2 rings (SSSR count). The van der Waals surface area contributed by atoms with Crippen LogP contribution >= 0.6 is 0 Å². The van der Waals surface area contributed by atoms with Crippen molar-refractivity contribution in [2.75, 3.05) is 0 Å². The van der Waals surface area contributed by atoms with E-state index < -0.39 is 29.7 Å². The smallest absolute Gasteiger partial charge is 0.322 e. The van der Waals surface area contributed by atoms with Gasteiger partial charge in [0.1, 0.15) is 6.04 Å². The average Bonchev–Trinajstić information content (AvgIpc) is 2.68. The summed E-state index contributed by atoms with van der Waals surface area (Å²) in [7, 11) is 0. The van der Waals surface area contributed by atoms with Crippen LogP contribution in [0.2, 0.25) is 0 Å². The molecular formula is C13H13N3O5. The number of carboxylic acid groups (broad SMARTS) is 1. The Morgan fingerprint density at radius 1 is 1.19 bits per heavy atom.